The first-order chi connectivity index (χ1) is 12.1. The van der Waals surface area contributed by atoms with Crippen LogP contribution in [0.5, 0.6) is 0 Å². The number of carboxylic acid groups (broad SMARTS) is 1. The molecule has 2 aromatic rings. The van der Waals surface area contributed by atoms with E-state index in [-0.39, 0.29) is 12.5 Å². The third-order valence-electron chi connectivity index (χ3n) is 5.16. The number of carboxylic acids is 1. The Morgan fingerprint density at radius 3 is 2.60 bits per heavy atom. The van der Waals surface area contributed by atoms with E-state index in [1.807, 2.05) is 36.4 Å². The van der Waals surface area contributed by atoms with Crippen LogP contribution in [-0.4, -0.2) is 46.8 Å². The number of piperidine rings is 1. The molecule has 128 valence electrons. The second kappa shape index (κ2) is 5.84. The number of anilines is 2. The van der Waals surface area contributed by atoms with Crippen LogP contribution in [0.2, 0.25) is 0 Å². The van der Waals surface area contributed by atoms with Gasteiger partial charge in [0.2, 0.25) is 5.91 Å². The number of benzene rings is 1. The SMILES string of the molecule is O=C(O)CN1C(=O)C2(CCN(c3cccnn3)CC2)c2ccccc21. The summed E-state index contributed by atoms with van der Waals surface area (Å²) in [5.41, 5.74) is 1.04. The minimum Gasteiger partial charge on any atom is -0.480 e. The molecule has 0 saturated carbocycles. The van der Waals surface area contributed by atoms with Crippen LogP contribution in [0, 0.1) is 0 Å². The molecule has 0 bridgehead atoms. The third kappa shape index (κ3) is 2.43. The van der Waals surface area contributed by atoms with Gasteiger partial charge in [0, 0.05) is 25.0 Å². The Labute approximate surface area is 144 Å². The molecule has 0 aliphatic carbocycles. The van der Waals surface area contributed by atoms with Crippen molar-refractivity contribution in [1.29, 1.82) is 0 Å². The van der Waals surface area contributed by atoms with Crippen LogP contribution in [0.4, 0.5) is 11.5 Å². The summed E-state index contributed by atoms with van der Waals surface area (Å²) in [6.07, 6.45) is 2.90. The van der Waals surface area contributed by atoms with Gasteiger partial charge in [-0.25, -0.2) is 0 Å². The number of amides is 1. The molecule has 1 aromatic carbocycles. The number of rotatable bonds is 3. The lowest BCUT2D eigenvalue weighted by Gasteiger charge is -2.38. The average molecular weight is 338 g/mol. The van der Waals surface area contributed by atoms with E-state index in [4.69, 9.17) is 0 Å². The van der Waals surface area contributed by atoms with E-state index in [1.165, 1.54) is 4.90 Å². The van der Waals surface area contributed by atoms with Crippen molar-refractivity contribution in [3.8, 4) is 0 Å². The Balaban J connectivity index is 1.64. The van der Waals surface area contributed by atoms with E-state index in [0.29, 0.717) is 25.9 Å². The van der Waals surface area contributed by atoms with E-state index in [0.717, 1.165) is 17.1 Å². The lowest BCUT2D eigenvalue weighted by Crippen LogP contribution is -2.49. The van der Waals surface area contributed by atoms with E-state index in [1.54, 1.807) is 6.20 Å². The highest BCUT2D eigenvalue weighted by Crippen LogP contribution is 2.48. The summed E-state index contributed by atoms with van der Waals surface area (Å²) in [4.78, 5) is 27.9. The van der Waals surface area contributed by atoms with Crippen molar-refractivity contribution in [1.82, 2.24) is 10.2 Å². The Morgan fingerprint density at radius 1 is 1.16 bits per heavy atom. The lowest BCUT2D eigenvalue weighted by atomic mass is 9.73. The van der Waals surface area contributed by atoms with Gasteiger partial charge in [-0.1, -0.05) is 18.2 Å². The van der Waals surface area contributed by atoms with Gasteiger partial charge in [0.1, 0.15) is 6.54 Å². The second-order valence-electron chi connectivity index (χ2n) is 6.45. The highest BCUT2D eigenvalue weighted by molar-refractivity contribution is 6.10. The number of carbonyl (C=O) groups excluding carboxylic acids is 1. The van der Waals surface area contributed by atoms with E-state index in [9.17, 15) is 14.7 Å². The molecule has 0 unspecified atom stereocenters. The number of fused-ring (bicyclic) bond motifs is 2. The molecule has 4 rings (SSSR count). The number of nitrogens with zero attached hydrogens (tertiary/aromatic N) is 4. The zero-order chi connectivity index (χ0) is 17.4. The predicted molar refractivity (Wildman–Crippen MR) is 91.6 cm³/mol. The molecule has 1 spiro atoms. The molecule has 1 fully saturated rings. The number of para-hydroxylation sites is 1. The van der Waals surface area contributed by atoms with E-state index < -0.39 is 11.4 Å². The third-order valence-corrected chi connectivity index (χ3v) is 5.16. The van der Waals surface area contributed by atoms with Gasteiger partial charge in [-0.15, -0.1) is 5.10 Å². The molecule has 7 heteroatoms. The van der Waals surface area contributed by atoms with Crippen molar-refractivity contribution in [2.75, 3.05) is 29.4 Å². The summed E-state index contributed by atoms with van der Waals surface area (Å²) < 4.78 is 0. The maximum absolute atomic E-state index is 13.1. The molecule has 1 aromatic heterocycles. The average Bonchev–Trinajstić information content (AvgIpc) is 2.86. The highest BCUT2D eigenvalue weighted by atomic mass is 16.4. The van der Waals surface area contributed by atoms with Crippen LogP contribution >= 0.6 is 0 Å². The Bertz CT molecular complexity index is 816. The monoisotopic (exact) mass is 338 g/mol. The Morgan fingerprint density at radius 2 is 1.92 bits per heavy atom. The molecule has 1 saturated heterocycles. The number of hydrogen-bond donors (Lipinski definition) is 1. The van der Waals surface area contributed by atoms with Gasteiger partial charge >= 0.3 is 5.97 Å². The smallest absolute Gasteiger partial charge is 0.323 e. The number of carbonyl (C=O) groups is 2. The van der Waals surface area contributed by atoms with E-state index in [2.05, 4.69) is 15.1 Å². The van der Waals surface area contributed by atoms with E-state index >= 15 is 0 Å². The van der Waals surface area contributed by atoms with Crippen molar-refractivity contribution in [3.05, 3.63) is 48.2 Å². The lowest BCUT2D eigenvalue weighted by molar-refractivity contribution is -0.137. The van der Waals surface area contributed by atoms with Crippen molar-refractivity contribution in [2.24, 2.45) is 0 Å². The minimum absolute atomic E-state index is 0.102. The number of aliphatic carboxylic acids is 1. The number of hydrogen-bond acceptors (Lipinski definition) is 5. The fraction of sp³-hybridized carbons (Fsp3) is 0.333. The van der Waals surface area contributed by atoms with Crippen LogP contribution in [0.3, 0.4) is 0 Å². The van der Waals surface area contributed by atoms with Gasteiger partial charge in [-0.2, -0.15) is 5.10 Å². The molecule has 1 amide bonds. The fourth-order valence-electron chi connectivity index (χ4n) is 3.95. The van der Waals surface area contributed by atoms with Crippen molar-refractivity contribution in [3.63, 3.8) is 0 Å². The first-order valence-corrected chi connectivity index (χ1v) is 8.28. The van der Waals surface area contributed by atoms with Gasteiger partial charge < -0.3 is 14.9 Å². The molecule has 0 radical (unpaired) electrons. The fourth-order valence-corrected chi connectivity index (χ4v) is 3.95. The summed E-state index contributed by atoms with van der Waals surface area (Å²) in [5, 5.41) is 17.2. The Hall–Kier alpha value is -2.96. The van der Waals surface area contributed by atoms with Gasteiger partial charge in [0.15, 0.2) is 5.82 Å². The van der Waals surface area contributed by atoms with Crippen LogP contribution in [0.1, 0.15) is 18.4 Å². The first-order valence-electron chi connectivity index (χ1n) is 8.28. The zero-order valence-corrected chi connectivity index (χ0v) is 13.6. The molecule has 3 heterocycles. The van der Waals surface area contributed by atoms with Crippen molar-refractivity contribution < 1.29 is 14.7 Å². The van der Waals surface area contributed by atoms with Crippen LogP contribution < -0.4 is 9.80 Å². The van der Waals surface area contributed by atoms with Gasteiger partial charge in [0.05, 0.1) is 5.41 Å². The summed E-state index contributed by atoms with van der Waals surface area (Å²) in [6.45, 7) is 1.06. The zero-order valence-electron chi connectivity index (χ0n) is 13.6. The summed E-state index contributed by atoms with van der Waals surface area (Å²) in [7, 11) is 0. The molecule has 2 aliphatic heterocycles. The Kier molecular flexibility index (Phi) is 3.63. The maximum Gasteiger partial charge on any atom is 0.323 e. The standard InChI is InChI=1S/C18H18N4O3/c23-16(24)12-22-14-5-2-1-4-13(14)18(17(22)25)7-10-21(11-8-18)15-6-3-9-19-20-15/h1-6,9H,7-8,10-12H2,(H,23,24). The quantitative estimate of drug-likeness (QED) is 0.911. The number of aromatic nitrogens is 2. The first kappa shape index (κ1) is 15.6. The summed E-state index contributed by atoms with van der Waals surface area (Å²) in [5.74, 6) is -0.300. The predicted octanol–water partition coefficient (Wildman–Crippen LogP) is 1.45. The molecule has 0 atom stereocenters. The highest BCUT2D eigenvalue weighted by Gasteiger charge is 2.52. The van der Waals surface area contributed by atoms with Crippen molar-refractivity contribution >= 4 is 23.4 Å². The van der Waals surface area contributed by atoms with Crippen LogP contribution in [0.15, 0.2) is 42.6 Å². The van der Waals surface area contributed by atoms with Gasteiger partial charge in [-0.3, -0.25) is 9.59 Å². The molecular weight excluding hydrogens is 320 g/mol. The normalized spacial score (nSPS) is 18.5. The summed E-state index contributed by atoms with van der Waals surface area (Å²) >= 11 is 0. The molecule has 1 N–H and O–H groups in total. The van der Waals surface area contributed by atoms with Crippen LogP contribution in [0.25, 0.3) is 0 Å². The molecule has 7 nitrogen and oxygen atoms in total. The minimum atomic E-state index is -1.00. The topological polar surface area (TPSA) is 86.6 Å². The van der Waals surface area contributed by atoms with Gasteiger partial charge in [0.25, 0.3) is 0 Å². The second-order valence-corrected chi connectivity index (χ2v) is 6.45. The molecule has 2 aliphatic rings. The molecule has 25 heavy (non-hydrogen) atoms. The largest absolute Gasteiger partial charge is 0.480 e. The van der Waals surface area contributed by atoms with Crippen molar-refractivity contribution in [2.45, 2.75) is 18.3 Å². The van der Waals surface area contributed by atoms with Crippen LogP contribution in [-0.2, 0) is 15.0 Å². The maximum atomic E-state index is 13.1. The summed E-state index contributed by atoms with van der Waals surface area (Å²) in [6, 6.07) is 11.3. The van der Waals surface area contributed by atoms with Gasteiger partial charge in [-0.05, 0) is 36.6 Å². The molecular formula is C18H18N4O3.